The van der Waals surface area contributed by atoms with Crippen molar-refractivity contribution in [3.05, 3.63) is 11.6 Å². The number of carbonyl (C=O) groups excluding carboxylic acids is 1. The third-order valence-corrected chi connectivity index (χ3v) is 1.33. The number of aliphatic hydroxyl groups is 1. The Balaban J connectivity index is 4.29. The number of ether oxygens (including phenoxy) is 1. The molecule has 0 aliphatic heterocycles. The largest absolute Gasteiger partial charge is 0.432 e. The lowest BCUT2D eigenvalue weighted by Gasteiger charge is -2.09. The highest BCUT2D eigenvalue weighted by Gasteiger charge is 2.14. The Labute approximate surface area is 81.8 Å². The average molecular weight is 194 g/mol. The smallest absolute Gasteiger partial charge is 0.351 e. The molecule has 1 unspecified atom stereocenters. The van der Waals surface area contributed by atoms with Crippen molar-refractivity contribution in [1.29, 1.82) is 10.5 Å². The molecule has 1 N–H and O–H groups in total. The van der Waals surface area contributed by atoms with Crippen molar-refractivity contribution in [3.8, 4) is 12.1 Å². The van der Waals surface area contributed by atoms with Crippen LogP contribution in [0.2, 0.25) is 0 Å². The third kappa shape index (κ3) is 4.24. The molecule has 5 nitrogen and oxygen atoms in total. The number of aliphatic hydroxyl groups excluding tert-OH is 1. The summed E-state index contributed by atoms with van der Waals surface area (Å²) in [5.74, 6) is -0.977. The Bertz CT molecular complexity index is 309. The van der Waals surface area contributed by atoms with E-state index in [1.165, 1.54) is 12.1 Å². The van der Waals surface area contributed by atoms with Gasteiger partial charge >= 0.3 is 5.97 Å². The van der Waals surface area contributed by atoms with Gasteiger partial charge in [0.1, 0.15) is 11.6 Å². The maximum Gasteiger partial charge on any atom is 0.351 e. The Morgan fingerprint density at radius 3 is 2.71 bits per heavy atom. The lowest BCUT2D eigenvalue weighted by molar-refractivity contribution is -0.163. The van der Waals surface area contributed by atoms with E-state index >= 15 is 0 Å². The van der Waals surface area contributed by atoms with Gasteiger partial charge in [0.25, 0.3) is 0 Å². The van der Waals surface area contributed by atoms with E-state index in [1.54, 1.807) is 0 Å². The van der Waals surface area contributed by atoms with E-state index in [0.717, 1.165) is 6.08 Å². The average Bonchev–Trinajstić information content (AvgIpc) is 2.14. The molecule has 74 valence electrons. The van der Waals surface area contributed by atoms with E-state index in [-0.39, 0.29) is 0 Å². The fourth-order valence-corrected chi connectivity index (χ4v) is 0.694. The molecule has 0 rings (SSSR count). The standard InChI is InChI=1S/C9H10N2O3/c1-2-3-8(12)14-9(13)7(6-11)4-5-10/h4,8,12H,2-3H2,1H3/b7-4-. The predicted octanol–water partition coefficient (Wildman–Crippen LogP) is 0.622. The predicted molar refractivity (Wildman–Crippen MR) is 46.3 cm³/mol. The van der Waals surface area contributed by atoms with Gasteiger partial charge in [-0.25, -0.2) is 4.79 Å². The van der Waals surface area contributed by atoms with Gasteiger partial charge in [-0.3, -0.25) is 0 Å². The van der Waals surface area contributed by atoms with Crippen LogP contribution in [0, 0.1) is 22.7 Å². The highest BCUT2D eigenvalue weighted by Crippen LogP contribution is 2.03. The molecular weight excluding hydrogens is 184 g/mol. The van der Waals surface area contributed by atoms with E-state index in [9.17, 15) is 4.79 Å². The summed E-state index contributed by atoms with van der Waals surface area (Å²) in [6.07, 6.45) is 0.513. The second kappa shape index (κ2) is 6.64. The molecule has 0 radical (unpaired) electrons. The molecule has 0 aliphatic rings. The SMILES string of the molecule is CCCC(O)OC(=O)/C(C#N)=C\C#N. The summed E-state index contributed by atoms with van der Waals surface area (Å²) < 4.78 is 4.47. The summed E-state index contributed by atoms with van der Waals surface area (Å²) in [5, 5.41) is 25.7. The summed E-state index contributed by atoms with van der Waals surface area (Å²) >= 11 is 0. The topological polar surface area (TPSA) is 94.1 Å². The molecule has 0 saturated heterocycles. The Morgan fingerprint density at radius 2 is 2.29 bits per heavy atom. The number of esters is 1. The van der Waals surface area contributed by atoms with E-state index in [2.05, 4.69) is 4.74 Å². The molecule has 1 atom stereocenters. The number of hydrogen-bond acceptors (Lipinski definition) is 5. The van der Waals surface area contributed by atoms with Crippen LogP contribution in [0.25, 0.3) is 0 Å². The van der Waals surface area contributed by atoms with Crippen LogP contribution in [-0.2, 0) is 9.53 Å². The molecule has 0 fully saturated rings. The van der Waals surface area contributed by atoms with Crippen LogP contribution in [-0.4, -0.2) is 17.4 Å². The zero-order chi connectivity index (χ0) is 11.0. The number of nitriles is 2. The van der Waals surface area contributed by atoms with Crippen molar-refractivity contribution in [3.63, 3.8) is 0 Å². The van der Waals surface area contributed by atoms with Crippen LogP contribution in [0.5, 0.6) is 0 Å². The van der Waals surface area contributed by atoms with Gasteiger partial charge < -0.3 is 9.84 Å². The van der Waals surface area contributed by atoms with Gasteiger partial charge in [0.05, 0.1) is 6.07 Å². The summed E-state index contributed by atoms with van der Waals surface area (Å²) in [7, 11) is 0. The van der Waals surface area contributed by atoms with Crippen LogP contribution >= 0.6 is 0 Å². The van der Waals surface area contributed by atoms with E-state index < -0.39 is 17.8 Å². The Hall–Kier alpha value is -1.85. The van der Waals surface area contributed by atoms with Gasteiger partial charge in [-0.2, -0.15) is 10.5 Å². The third-order valence-electron chi connectivity index (χ3n) is 1.33. The lowest BCUT2D eigenvalue weighted by atomic mass is 10.3. The fraction of sp³-hybridized carbons (Fsp3) is 0.444. The second-order valence-electron chi connectivity index (χ2n) is 2.45. The van der Waals surface area contributed by atoms with Crippen molar-refractivity contribution < 1.29 is 14.6 Å². The zero-order valence-corrected chi connectivity index (χ0v) is 7.73. The minimum atomic E-state index is -1.22. The highest BCUT2D eigenvalue weighted by atomic mass is 16.6. The van der Waals surface area contributed by atoms with Gasteiger partial charge in [0.15, 0.2) is 0 Å². The molecule has 0 spiro atoms. The second-order valence-corrected chi connectivity index (χ2v) is 2.45. The summed E-state index contributed by atoms with van der Waals surface area (Å²) in [4.78, 5) is 11.0. The number of nitrogens with zero attached hydrogens (tertiary/aromatic N) is 2. The van der Waals surface area contributed by atoms with Crippen molar-refractivity contribution in [2.45, 2.75) is 26.1 Å². The van der Waals surface area contributed by atoms with Crippen LogP contribution in [0.3, 0.4) is 0 Å². The zero-order valence-electron chi connectivity index (χ0n) is 7.73. The molecule has 14 heavy (non-hydrogen) atoms. The molecule has 0 amide bonds. The van der Waals surface area contributed by atoms with Crippen LogP contribution in [0.4, 0.5) is 0 Å². The summed E-state index contributed by atoms with van der Waals surface area (Å²) in [5.41, 5.74) is -0.414. The minimum absolute atomic E-state index is 0.303. The van der Waals surface area contributed by atoms with Crippen molar-refractivity contribution in [2.75, 3.05) is 0 Å². The molecule has 0 aromatic heterocycles. The van der Waals surface area contributed by atoms with Gasteiger partial charge in [-0.15, -0.1) is 0 Å². The van der Waals surface area contributed by atoms with Crippen molar-refractivity contribution in [1.82, 2.24) is 0 Å². The van der Waals surface area contributed by atoms with Gasteiger partial charge in [0, 0.05) is 12.5 Å². The number of allylic oxidation sites excluding steroid dienone is 1. The number of hydrogen-bond donors (Lipinski definition) is 1. The first-order valence-electron chi connectivity index (χ1n) is 4.04. The van der Waals surface area contributed by atoms with E-state index in [0.29, 0.717) is 12.8 Å². The first-order valence-corrected chi connectivity index (χ1v) is 4.04. The molecule has 0 aromatic carbocycles. The van der Waals surface area contributed by atoms with E-state index in [4.69, 9.17) is 15.6 Å². The van der Waals surface area contributed by atoms with Crippen molar-refractivity contribution in [2.24, 2.45) is 0 Å². The minimum Gasteiger partial charge on any atom is -0.432 e. The monoisotopic (exact) mass is 194 g/mol. The molecule has 5 heteroatoms. The fourth-order valence-electron chi connectivity index (χ4n) is 0.694. The highest BCUT2D eigenvalue weighted by molar-refractivity contribution is 5.93. The van der Waals surface area contributed by atoms with Gasteiger partial charge in [-0.1, -0.05) is 13.3 Å². The summed E-state index contributed by atoms with van der Waals surface area (Å²) in [6, 6.07) is 3.04. The normalized spacial score (nSPS) is 12.4. The van der Waals surface area contributed by atoms with Crippen LogP contribution < -0.4 is 0 Å². The first-order chi connectivity index (χ1) is 6.65. The summed E-state index contributed by atoms with van der Waals surface area (Å²) in [6.45, 7) is 1.81. The molecule has 0 saturated carbocycles. The van der Waals surface area contributed by atoms with Gasteiger partial charge in [0.2, 0.25) is 6.29 Å². The quantitative estimate of drug-likeness (QED) is 0.306. The van der Waals surface area contributed by atoms with Crippen LogP contribution in [0.1, 0.15) is 19.8 Å². The molecule has 0 aliphatic carbocycles. The maximum atomic E-state index is 11.0. The molecule has 0 heterocycles. The van der Waals surface area contributed by atoms with Gasteiger partial charge in [-0.05, 0) is 0 Å². The van der Waals surface area contributed by atoms with E-state index in [1.807, 2.05) is 6.92 Å². The maximum absolute atomic E-state index is 11.0. The number of rotatable bonds is 4. The van der Waals surface area contributed by atoms with Crippen molar-refractivity contribution >= 4 is 5.97 Å². The molecule has 0 aromatic rings. The number of carbonyl (C=O) groups is 1. The Kier molecular flexibility index (Phi) is 5.77. The molecule has 0 bridgehead atoms. The van der Waals surface area contributed by atoms with Crippen LogP contribution in [0.15, 0.2) is 11.6 Å². The first kappa shape index (κ1) is 12.2. The lowest BCUT2D eigenvalue weighted by Crippen LogP contribution is -2.18. The Morgan fingerprint density at radius 1 is 1.64 bits per heavy atom. The molecular formula is C9H10N2O3.